The summed E-state index contributed by atoms with van der Waals surface area (Å²) in [6.45, 7) is 1.67. The number of nitrogens with zero attached hydrogens (tertiary/aromatic N) is 4. The van der Waals surface area contributed by atoms with Crippen LogP contribution in [-0.2, 0) is 4.79 Å². The number of rotatable bonds is 4. The molecule has 2 aromatic rings. The minimum absolute atomic E-state index is 0.0300. The van der Waals surface area contributed by atoms with Gasteiger partial charge < -0.3 is 0 Å². The van der Waals surface area contributed by atoms with Crippen LogP contribution in [0.3, 0.4) is 0 Å². The van der Waals surface area contributed by atoms with Gasteiger partial charge in [-0.1, -0.05) is 77.6 Å². The van der Waals surface area contributed by atoms with E-state index in [1.165, 1.54) is 11.1 Å². The summed E-state index contributed by atoms with van der Waals surface area (Å²) in [6.07, 6.45) is 3.42. The van der Waals surface area contributed by atoms with Gasteiger partial charge in [0.05, 0.1) is 13.1 Å². The van der Waals surface area contributed by atoms with Crippen molar-refractivity contribution in [2.75, 3.05) is 19.6 Å². The lowest BCUT2D eigenvalue weighted by atomic mass is 9.68. The quantitative estimate of drug-likeness (QED) is 0.305. The average Bonchev–Trinajstić information content (AvgIpc) is 3.11. The summed E-state index contributed by atoms with van der Waals surface area (Å²) in [5.74, 6) is 6.75. The maximum Gasteiger partial charge on any atom is 0.141 e. The molecule has 1 aliphatic heterocycles. The second kappa shape index (κ2) is 9.17. The fourth-order valence-electron chi connectivity index (χ4n) is 5.35. The second-order valence-corrected chi connectivity index (χ2v) is 8.22. The van der Waals surface area contributed by atoms with Crippen molar-refractivity contribution in [2.45, 2.75) is 37.6 Å². The molecule has 1 heterocycles. The predicted octanol–water partition coefficient (Wildman–Crippen LogP) is 5.27. The Labute approximate surface area is 177 Å². The molecule has 2 aromatic carbocycles. The van der Waals surface area contributed by atoms with Crippen LogP contribution in [0.5, 0.6) is 0 Å². The van der Waals surface area contributed by atoms with Crippen molar-refractivity contribution in [1.82, 2.24) is 4.90 Å². The fourth-order valence-corrected chi connectivity index (χ4v) is 5.35. The first-order chi connectivity index (χ1) is 14.7. The molecular weight excluding hydrogens is 372 g/mol. The summed E-state index contributed by atoms with van der Waals surface area (Å²) in [4.78, 5) is 18.7. The topological polar surface area (TPSA) is 69.1 Å². The lowest BCUT2D eigenvalue weighted by molar-refractivity contribution is -0.132. The molecule has 1 saturated heterocycles. The summed E-state index contributed by atoms with van der Waals surface area (Å²) in [6, 6.07) is 20.9. The highest BCUT2D eigenvalue weighted by Gasteiger charge is 2.55. The molecule has 1 aliphatic carbocycles. The first kappa shape index (κ1) is 20.2. The Bertz CT molecular complexity index is 988. The summed E-state index contributed by atoms with van der Waals surface area (Å²) in [5.41, 5.74) is 10.5. The van der Waals surface area contributed by atoms with Crippen molar-refractivity contribution in [3.05, 3.63) is 82.2 Å². The van der Waals surface area contributed by atoms with Gasteiger partial charge in [0.1, 0.15) is 5.78 Å². The van der Waals surface area contributed by atoms with Crippen molar-refractivity contribution >= 4 is 5.78 Å². The molecule has 1 spiro atoms. The highest BCUT2D eigenvalue weighted by atomic mass is 16.1. The third-order valence-corrected chi connectivity index (χ3v) is 6.56. The van der Waals surface area contributed by atoms with E-state index in [1.807, 2.05) is 12.1 Å². The van der Waals surface area contributed by atoms with Crippen LogP contribution in [0.15, 0.2) is 65.8 Å². The number of azide groups is 1. The van der Waals surface area contributed by atoms with Crippen LogP contribution >= 0.6 is 0 Å². The fraction of sp³-hybridized carbons (Fsp3) is 0.400. The van der Waals surface area contributed by atoms with Gasteiger partial charge in [0.15, 0.2) is 0 Å². The molecule has 0 radical (unpaired) electrons. The van der Waals surface area contributed by atoms with Gasteiger partial charge in [-0.15, -0.1) is 0 Å². The number of carbonyl (C=O) groups excluding carboxylic acids is 1. The molecule has 0 bridgehead atoms. The van der Waals surface area contributed by atoms with Crippen LogP contribution in [-0.4, -0.2) is 30.3 Å². The maximum atomic E-state index is 13.6. The van der Waals surface area contributed by atoms with Crippen molar-refractivity contribution in [3.8, 4) is 11.8 Å². The van der Waals surface area contributed by atoms with E-state index >= 15 is 0 Å². The van der Waals surface area contributed by atoms with Crippen molar-refractivity contribution in [1.29, 1.82) is 0 Å². The molecule has 4 rings (SSSR count). The molecule has 30 heavy (non-hydrogen) atoms. The monoisotopic (exact) mass is 398 g/mol. The molecule has 0 N–H and O–H groups in total. The number of carbonyl (C=O) groups is 1. The molecule has 3 atom stereocenters. The third-order valence-electron chi connectivity index (χ3n) is 6.56. The summed E-state index contributed by atoms with van der Waals surface area (Å²) in [7, 11) is 0. The molecule has 2 aliphatic rings. The third kappa shape index (κ3) is 3.98. The van der Waals surface area contributed by atoms with Crippen molar-refractivity contribution in [2.24, 2.45) is 10.5 Å². The molecule has 5 nitrogen and oxygen atoms in total. The van der Waals surface area contributed by atoms with Crippen molar-refractivity contribution in [3.63, 3.8) is 0 Å². The molecule has 2 fully saturated rings. The largest absolute Gasteiger partial charge is 0.299 e. The van der Waals surface area contributed by atoms with Crippen LogP contribution in [0, 0.1) is 17.3 Å². The van der Waals surface area contributed by atoms with E-state index in [9.17, 15) is 4.79 Å². The molecular formula is C25H26N4O. The molecule has 0 aromatic heterocycles. The maximum absolute atomic E-state index is 13.6. The van der Waals surface area contributed by atoms with E-state index in [0.29, 0.717) is 18.7 Å². The van der Waals surface area contributed by atoms with Gasteiger partial charge in [-0.3, -0.25) is 9.69 Å². The lowest BCUT2D eigenvalue weighted by Crippen LogP contribution is -2.48. The van der Waals surface area contributed by atoms with Crippen LogP contribution in [0.25, 0.3) is 10.4 Å². The number of likely N-dealkylation sites (tertiary alicyclic amines) is 1. The number of Topliss-reactive ketones (excluding diaryl/α,β-unsaturated/α-hetero) is 1. The first-order valence-electron chi connectivity index (χ1n) is 10.6. The molecule has 5 heteroatoms. The van der Waals surface area contributed by atoms with Gasteiger partial charge >= 0.3 is 0 Å². The van der Waals surface area contributed by atoms with E-state index in [2.05, 4.69) is 75.3 Å². The Hall–Kier alpha value is -3.06. The van der Waals surface area contributed by atoms with Crippen LogP contribution in [0.1, 0.15) is 48.8 Å². The van der Waals surface area contributed by atoms with E-state index < -0.39 is 0 Å². The summed E-state index contributed by atoms with van der Waals surface area (Å²) >= 11 is 0. The van der Waals surface area contributed by atoms with E-state index in [1.54, 1.807) is 0 Å². The minimum atomic E-state index is -0.368. The average molecular weight is 399 g/mol. The van der Waals surface area contributed by atoms with Gasteiger partial charge in [0.25, 0.3) is 0 Å². The zero-order valence-corrected chi connectivity index (χ0v) is 17.1. The smallest absolute Gasteiger partial charge is 0.141 e. The molecule has 3 unspecified atom stereocenters. The van der Waals surface area contributed by atoms with Crippen LogP contribution < -0.4 is 0 Å². The Balaban J connectivity index is 1.67. The predicted molar refractivity (Wildman–Crippen MR) is 118 cm³/mol. The van der Waals surface area contributed by atoms with Gasteiger partial charge in [0, 0.05) is 22.8 Å². The zero-order valence-electron chi connectivity index (χ0n) is 17.1. The van der Waals surface area contributed by atoms with Gasteiger partial charge in [-0.05, 0) is 48.4 Å². The number of hydrogen-bond donors (Lipinski definition) is 0. The second-order valence-electron chi connectivity index (χ2n) is 8.22. The summed E-state index contributed by atoms with van der Waals surface area (Å²) < 4.78 is 0. The van der Waals surface area contributed by atoms with E-state index in [4.69, 9.17) is 5.53 Å². The minimum Gasteiger partial charge on any atom is -0.299 e. The number of piperidine rings is 1. The first-order valence-corrected chi connectivity index (χ1v) is 10.6. The molecule has 152 valence electrons. The number of hydrogen-bond acceptors (Lipinski definition) is 3. The van der Waals surface area contributed by atoms with Crippen molar-refractivity contribution < 1.29 is 4.79 Å². The zero-order chi connectivity index (χ0) is 20.8. The Morgan fingerprint density at radius 2 is 1.77 bits per heavy atom. The summed E-state index contributed by atoms with van der Waals surface area (Å²) in [5, 5.41) is 3.49. The van der Waals surface area contributed by atoms with Gasteiger partial charge in [0.2, 0.25) is 0 Å². The van der Waals surface area contributed by atoms with Crippen LogP contribution in [0.4, 0.5) is 0 Å². The van der Waals surface area contributed by atoms with Crippen LogP contribution in [0.2, 0.25) is 0 Å². The van der Waals surface area contributed by atoms with Gasteiger partial charge in [-0.2, -0.15) is 0 Å². The highest BCUT2D eigenvalue weighted by Crippen LogP contribution is 2.57. The number of ketones is 1. The normalized spacial score (nSPS) is 26.1. The Kier molecular flexibility index (Phi) is 6.18. The SMILES string of the molecule is [N-]=[N+]=NCC#CCN1CCCC2(CC(c3ccccc3)CC2=O)C1c1ccccc1. The standard InChI is InChI=1S/C25H26N4O/c26-28-27-15-7-8-16-29-17-9-14-25(24(29)21-12-5-2-6-13-21)19-22(18-23(25)30)20-10-3-1-4-11-20/h1-6,10-13,22,24H,9,14-19H2. The molecule has 1 saturated carbocycles. The van der Waals surface area contributed by atoms with E-state index in [-0.39, 0.29) is 23.9 Å². The highest BCUT2D eigenvalue weighted by molar-refractivity contribution is 5.89. The molecule has 0 amide bonds. The van der Waals surface area contributed by atoms with E-state index in [0.717, 1.165) is 25.8 Å². The number of benzene rings is 2. The Morgan fingerprint density at radius 1 is 1.07 bits per heavy atom. The lowest BCUT2D eigenvalue weighted by Gasteiger charge is -2.47. The Morgan fingerprint density at radius 3 is 2.47 bits per heavy atom. The van der Waals surface area contributed by atoms with Gasteiger partial charge in [-0.25, -0.2) is 0 Å².